The number of piperidine rings is 1. The van der Waals surface area contributed by atoms with E-state index in [-0.39, 0.29) is 6.03 Å². The van der Waals surface area contributed by atoms with Gasteiger partial charge >= 0.3 is 6.03 Å². The quantitative estimate of drug-likeness (QED) is 0.754. The van der Waals surface area contributed by atoms with Gasteiger partial charge in [-0.15, -0.1) is 0 Å². The number of carbonyl (C=O) groups excluding carboxylic acids is 1. The van der Waals surface area contributed by atoms with Gasteiger partial charge in [-0.3, -0.25) is 10.2 Å². The van der Waals surface area contributed by atoms with Crippen LogP contribution < -0.4 is 5.32 Å². The number of rotatable bonds is 4. The fourth-order valence-electron chi connectivity index (χ4n) is 5.68. The SMILES string of the molecule is CC1CN(CC2CCN(C)CC2)CC1C1=NC2=CN(C3CCOCC3)CN2C(=O)N1. The normalized spacial score (nSPS) is 32.3. The monoisotopic (exact) mass is 416 g/mol. The van der Waals surface area contributed by atoms with E-state index in [1.54, 1.807) is 4.90 Å². The maximum atomic E-state index is 12.8. The summed E-state index contributed by atoms with van der Waals surface area (Å²) in [7, 11) is 2.22. The van der Waals surface area contributed by atoms with Crippen LogP contribution in [0.25, 0.3) is 0 Å². The van der Waals surface area contributed by atoms with Gasteiger partial charge in [-0.1, -0.05) is 6.92 Å². The summed E-state index contributed by atoms with van der Waals surface area (Å²) in [6.45, 7) is 10.2. The molecule has 0 aromatic carbocycles. The molecule has 0 saturated carbocycles. The summed E-state index contributed by atoms with van der Waals surface area (Å²) in [6.07, 6.45) is 6.72. The summed E-state index contributed by atoms with van der Waals surface area (Å²) < 4.78 is 5.49. The molecule has 2 atom stereocenters. The Morgan fingerprint density at radius 3 is 2.70 bits per heavy atom. The highest BCUT2D eigenvalue weighted by Crippen LogP contribution is 2.31. The van der Waals surface area contributed by atoms with E-state index in [2.05, 4.69) is 40.2 Å². The fraction of sp³-hybridized carbons (Fsp3) is 0.818. The highest BCUT2D eigenvalue weighted by Gasteiger charge is 2.40. The molecule has 2 amide bonds. The Kier molecular flexibility index (Phi) is 5.73. The molecule has 30 heavy (non-hydrogen) atoms. The molecule has 5 aliphatic heterocycles. The Morgan fingerprint density at radius 1 is 1.17 bits per heavy atom. The van der Waals surface area contributed by atoms with Crippen LogP contribution in [0.2, 0.25) is 0 Å². The van der Waals surface area contributed by atoms with E-state index >= 15 is 0 Å². The largest absolute Gasteiger partial charge is 0.381 e. The minimum Gasteiger partial charge on any atom is -0.381 e. The van der Waals surface area contributed by atoms with Crippen molar-refractivity contribution in [2.24, 2.45) is 22.7 Å². The van der Waals surface area contributed by atoms with Gasteiger partial charge in [0.05, 0.1) is 0 Å². The molecule has 3 fully saturated rings. The van der Waals surface area contributed by atoms with E-state index in [0.29, 0.717) is 24.5 Å². The van der Waals surface area contributed by atoms with Gasteiger partial charge in [0.2, 0.25) is 0 Å². The average Bonchev–Trinajstić information content (AvgIpc) is 3.34. The lowest BCUT2D eigenvalue weighted by Gasteiger charge is -2.32. The van der Waals surface area contributed by atoms with Crippen molar-refractivity contribution in [1.29, 1.82) is 0 Å². The summed E-state index contributed by atoms with van der Waals surface area (Å²) in [5, 5.41) is 3.13. The first-order valence-electron chi connectivity index (χ1n) is 11.7. The Morgan fingerprint density at radius 2 is 1.93 bits per heavy atom. The highest BCUT2D eigenvalue weighted by atomic mass is 16.5. The van der Waals surface area contributed by atoms with Crippen LogP contribution in [0.3, 0.4) is 0 Å². The molecule has 8 heteroatoms. The number of nitrogens with one attached hydrogen (secondary N) is 1. The second-order valence-electron chi connectivity index (χ2n) is 9.89. The third-order valence-electron chi connectivity index (χ3n) is 7.63. The molecule has 1 N–H and O–H groups in total. The second kappa shape index (κ2) is 8.48. The van der Waals surface area contributed by atoms with E-state index in [9.17, 15) is 4.79 Å². The Labute approximate surface area is 179 Å². The van der Waals surface area contributed by atoms with Crippen molar-refractivity contribution >= 4 is 11.9 Å². The lowest BCUT2D eigenvalue weighted by atomic mass is 9.96. The van der Waals surface area contributed by atoms with Gasteiger partial charge in [0, 0.05) is 51.0 Å². The first-order chi connectivity index (χ1) is 14.6. The van der Waals surface area contributed by atoms with Crippen molar-refractivity contribution in [3.63, 3.8) is 0 Å². The summed E-state index contributed by atoms with van der Waals surface area (Å²) in [5.74, 6) is 3.29. The van der Waals surface area contributed by atoms with Crippen molar-refractivity contribution < 1.29 is 9.53 Å². The van der Waals surface area contributed by atoms with Crippen molar-refractivity contribution in [2.75, 3.05) is 59.7 Å². The standard InChI is InChI=1S/C22H36N6O2/c1-16-11-26(12-17-3-7-25(2)8-4-17)13-19(16)21-23-20-14-27(15-28(20)22(29)24-21)18-5-9-30-10-6-18/h14,16-19H,3-13,15H2,1-2H3,(H,23,24,29). The molecule has 0 spiro atoms. The number of ether oxygens (including phenoxy) is 1. The molecular weight excluding hydrogens is 380 g/mol. The van der Waals surface area contributed by atoms with Crippen LogP contribution in [0.15, 0.2) is 17.0 Å². The average molecular weight is 417 g/mol. The predicted octanol–water partition coefficient (Wildman–Crippen LogP) is 1.57. The maximum Gasteiger partial charge on any atom is 0.329 e. The number of hydrogen-bond acceptors (Lipinski definition) is 6. The summed E-state index contributed by atoms with van der Waals surface area (Å²) in [4.78, 5) is 26.8. The smallest absolute Gasteiger partial charge is 0.329 e. The fourth-order valence-corrected chi connectivity index (χ4v) is 5.68. The van der Waals surface area contributed by atoms with Crippen LogP contribution >= 0.6 is 0 Å². The summed E-state index contributed by atoms with van der Waals surface area (Å²) in [5.41, 5.74) is 0. The van der Waals surface area contributed by atoms with Gasteiger partial charge < -0.3 is 19.4 Å². The molecule has 0 aliphatic carbocycles. The number of hydrogen-bond donors (Lipinski definition) is 1. The number of amides is 2. The zero-order valence-corrected chi connectivity index (χ0v) is 18.4. The van der Waals surface area contributed by atoms with Crippen molar-refractivity contribution in [1.82, 2.24) is 24.9 Å². The molecule has 5 aliphatic rings. The van der Waals surface area contributed by atoms with Gasteiger partial charge in [-0.2, -0.15) is 0 Å². The van der Waals surface area contributed by atoms with Gasteiger partial charge in [-0.25, -0.2) is 9.79 Å². The first kappa shape index (κ1) is 20.3. The number of carbonyl (C=O) groups is 1. The van der Waals surface area contributed by atoms with Crippen molar-refractivity contribution in [2.45, 2.75) is 38.6 Å². The van der Waals surface area contributed by atoms with Crippen molar-refractivity contribution in [3.05, 3.63) is 12.0 Å². The van der Waals surface area contributed by atoms with E-state index in [0.717, 1.165) is 56.7 Å². The zero-order chi connectivity index (χ0) is 20.7. The van der Waals surface area contributed by atoms with Crippen LogP contribution in [0.5, 0.6) is 0 Å². The van der Waals surface area contributed by atoms with Crippen LogP contribution in [0.1, 0.15) is 32.6 Å². The highest BCUT2D eigenvalue weighted by molar-refractivity contribution is 6.02. The second-order valence-corrected chi connectivity index (χ2v) is 9.89. The Balaban J connectivity index is 1.24. The van der Waals surface area contributed by atoms with Gasteiger partial charge in [0.1, 0.15) is 12.5 Å². The molecule has 0 radical (unpaired) electrons. The third-order valence-corrected chi connectivity index (χ3v) is 7.63. The minimum absolute atomic E-state index is 0.0261. The first-order valence-corrected chi connectivity index (χ1v) is 11.7. The number of likely N-dealkylation sites (tertiary alicyclic amines) is 2. The molecule has 2 unspecified atom stereocenters. The lowest BCUT2D eigenvalue weighted by Crippen LogP contribution is -2.50. The van der Waals surface area contributed by atoms with Gasteiger partial charge in [-0.05, 0) is 57.7 Å². The molecule has 5 rings (SSSR count). The minimum atomic E-state index is -0.0261. The van der Waals surface area contributed by atoms with E-state index in [1.807, 2.05) is 0 Å². The molecule has 3 saturated heterocycles. The van der Waals surface area contributed by atoms with Gasteiger partial charge in [0.25, 0.3) is 0 Å². The molecule has 0 bridgehead atoms. The van der Waals surface area contributed by atoms with Crippen molar-refractivity contribution in [3.8, 4) is 0 Å². The van der Waals surface area contributed by atoms with Crippen LogP contribution in [0.4, 0.5) is 4.79 Å². The van der Waals surface area contributed by atoms with E-state index in [4.69, 9.17) is 9.73 Å². The zero-order valence-electron chi connectivity index (χ0n) is 18.4. The molecule has 166 valence electrons. The maximum absolute atomic E-state index is 12.8. The Hall–Kier alpha value is -1.64. The predicted molar refractivity (Wildman–Crippen MR) is 116 cm³/mol. The summed E-state index contributed by atoms with van der Waals surface area (Å²) in [6, 6.07) is 0.417. The number of fused-ring (bicyclic) bond motifs is 1. The topological polar surface area (TPSA) is 63.6 Å². The summed E-state index contributed by atoms with van der Waals surface area (Å²) >= 11 is 0. The third kappa shape index (κ3) is 4.09. The van der Waals surface area contributed by atoms with Crippen LogP contribution in [-0.2, 0) is 4.74 Å². The molecule has 0 aromatic heterocycles. The van der Waals surface area contributed by atoms with Crippen LogP contribution in [0, 0.1) is 17.8 Å². The van der Waals surface area contributed by atoms with E-state index < -0.39 is 0 Å². The van der Waals surface area contributed by atoms with E-state index in [1.165, 1.54) is 32.5 Å². The molecule has 0 aromatic rings. The number of urea groups is 1. The molecule has 8 nitrogen and oxygen atoms in total. The molecular formula is C22H36N6O2. The Bertz CT molecular complexity index is 710. The van der Waals surface area contributed by atoms with Crippen LogP contribution in [-0.4, -0.2) is 97.2 Å². The van der Waals surface area contributed by atoms with Gasteiger partial charge in [0.15, 0.2) is 5.82 Å². The number of amidine groups is 1. The number of nitrogens with zero attached hydrogens (tertiary/aromatic N) is 5. The molecule has 5 heterocycles. The lowest BCUT2D eigenvalue weighted by molar-refractivity contribution is 0.0459. The number of aliphatic imine (C=N–C) groups is 1.